The number of hydrogen-bond acceptors (Lipinski definition) is 2. The molecule has 1 aliphatic carbocycles. The van der Waals surface area contributed by atoms with Crippen LogP contribution in [0.15, 0.2) is 24.3 Å². The van der Waals surface area contributed by atoms with E-state index in [0.717, 1.165) is 37.7 Å². The van der Waals surface area contributed by atoms with Gasteiger partial charge in [0.1, 0.15) is 0 Å². The molecule has 1 N–H and O–H groups in total. The maximum Gasteiger partial charge on any atom is 0.416 e. The minimum atomic E-state index is -4.25. The van der Waals surface area contributed by atoms with Crippen LogP contribution in [0.1, 0.15) is 24.0 Å². The lowest BCUT2D eigenvalue weighted by molar-refractivity contribution is -0.137. The number of rotatable bonds is 3. The van der Waals surface area contributed by atoms with Gasteiger partial charge in [-0.1, -0.05) is 12.1 Å². The molecule has 110 valence electrons. The minimum Gasteiger partial charge on any atom is -0.311 e. The molecule has 0 radical (unpaired) electrons. The lowest BCUT2D eigenvalue weighted by Crippen LogP contribution is -2.51. The summed E-state index contributed by atoms with van der Waals surface area (Å²) in [6.45, 7) is 3.68. The van der Waals surface area contributed by atoms with Crippen LogP contribution >= 0.6 is 0 Å². The highest BCUT2D eigenvalue weighted by molar-refractivity contribution is 5.24. The lowest BCUT2D eigenvalue weighted by atomic mass is 10.1. The molecule has 1 atom stereocenters. The zero-order chi connectivity index (χ0) is 14.2. The van der Waals surface area contributed by atoms with Crippen molar-refractivity contribution in [3.8, 4) is 0 Å². The Hall–Kier alpha value is -1.07. The van der Waals surface area contributed by atoms with Crippen LogP contribution in [0.25, 0.3) is 0 Å². The zero-order valence-electron chi connectivity index (χ0n) is 11.3. The molecule has 1 heterocycles. The first-order valence-corrected chi connectivity index (χ1v) is 7.14. The highest BCUT2D eigenvalue weighted by Crippen LogP contribution is 2.34. The maximum atomic E-state index is 12.5. The molecule has 1 saturated heterocycles. The smallest absolute Gasteiger partial charge is 0.311 e. The van der Waals surface area contributed by atoms with Crippen LogP contribution in [0.2, 0.25) is 0 Å². The lowest BCUT2D eigenvalue weighted by Gasteiger charge is -2.34. The Labute approximate surface area is 117 Å². The van der Waals surface area contributed by atoms with Crippen molar-refractivity contribution in [2.75, 3.05) is 19.6 Å². The summed E-state index contributed by atoms with van der Waals surface area (Å²) in [6.07, 6.45) is -1.62. The Kier molecular flexibility index (Phi) is 3.73. The first-order chi connectivity index (χ1) is 9.52. The number of nitrogens with zero attached hydrogens (tertiary/aromatic N) is 1. The molecule has 20 heavy (non-hydrogen) atoms. The van der Waals surface area contributed by atoms with E-state index in [1.54, 1.807) is 12.1 Å². The van der Waals surface area contributed by atoms with Crippen molar-refractivity contribution in [2.24, 2.45) is 5.92 Å². The third-order valence-electron chi connectivity index (χ3n) is 4.17. The van der Waals surface area contributed by atoms with E-state index < -0.39 is 11.7 Å². The predicted molar refractivity (Wildman–Crippen MR) is 71.2 cm³/mol. The molecule has 0 spiro atoms. The molecule has 1 unspecified atom stereocenters. The van der Waals surface area contributed by atoms with Gasteiger partial charge in [0, 0.05) is 32.2 Å². The Morgan fingerprint density at radius 1 is 1.15 bits per heavy atom. The van der Waals surface area contributed by atoms with Crippen LogP contribution in [0.4, 0.5) is 13.2 Å². The van der Waals surface area contributed by atoms with Gasteiger partial charge in [0.05, 0.1) is 5.56 Å². The fraction of sp³-hybridized carbons (Fsp3) is 0.600. The van der Waals surface area contributed by atoms with Crippen molar-refractivity contribution in [3.63, 3.8) is 0 Å². The van der Waals surface area contributed by atoms with Gasteiger partial charge in [0.2, 0.25) is 0 Å². The summed E-state index contributed by atoms with van der Waals surface area (Å²) >= 11 is 0. The monoisotopic (exact) mass is 284 g/mol. The first kappa shape index (κ1) is 13.9. The number of benzene rings is 1. The number of hydrogen-bond donors (Lipinski definition) is 1. The van der Waals surface area contributed by atoms with Gasteiger partial charge in [-0.2, -0.15) is 13.2 Å². The van der Waals surface area contributed by atoms with E-state index in [2.05, 4.69) is 10.2 Å². The van der Waals surface area contributed by atoms with Gasteiger partial charge in [-0.3, -0.25) is 4.90 Å². The van der Waals surface area contributed by atoms with Crippen molar-refractivity contribution >= 4 is 0 Å². The van der Waals surface area contributed by atoms with Crippen LogP contribution in [0.5, 0.6) is 0 Å². The molecule has 2 aliphatic rings. The van der Waals surface area contributed by atoms with Gasteiger partial charge < -0.3 is 5.32 Å². The molecule has 5 heteroatoms. The fourth-order valence-corrected chi connectivity index (χ4v) is 2.86. The largest absolute Gasteiger partial charge is 0.416 e. The van der Waals surface area contributed by atoms with Gasteiger partial charge in [0.25, 0.3) is 0 Å². The Morgan fingerprint density at radius 3 is 2.45 bits per heavy atom. The summed E-state index contributed by atoms with van der Waals surface area (Å²) in [5, 5.41) is 3.54. The highest BCUT2D eigenvalue weighted by atomic mass is 19.4. The Morgan fingerprint density at radius 2 is 1.85 bits per heavy atom. The molecular weight excluding hydrogens is 265 g/mol. The summed E-state index contributed by atoms with van der Waals surface area (Å²) in [6, 6.07) is 6.11. The van der Waals surface area contributed by atoms with Gasteiger partial charge in [-0.15, -0.1) is 0 Å². The van der Waals surface area contributed by atoms with Crippen LogP contribution in [-0.4, -0.2) is 30.6 Å². The van der Waals surface area contributed by atoms with Crippen molar-refractivity contribution < 1.29 is 13.2 Å². The maximum absolute atomic E-state index is 12.5. The molecule has 0 amide bonds. The highest BCUT2D eigenvalue weighted by Gasteiger charge is 2.34. The zero-order valence-corrected chi connectivity index (χ0v) is 11.3. The molecule has 1 saturated carbocycles. The van der Waals surface area contributed by atoms with Crippen LogP contribution in [-0.2, 0) is 12.7 Å². The molecule has 0 aromatic heterocycles. The normalized spacial score (nSPS) is 24.9. The molecule has 1 aromatic rings. The van der Waals surface area contributed by atoms with E-state index in [9.17, 15) is 13.2 Å². The van der Waals surface area contributed by atoms with E-state index in [1.807, 2.05) is 0 Å². The summed E-state index contributed by atoms with van der Waals surface area (Å²) in [5.74, 6) is 0.811. The van der Waals surface area contributed by atoms with E-state index in [4.69, 9.17) is 0 Å². The number of piperazine rings is 1. The van der Waals surface area contributed by atoms with E-state index >= 15 is 0 Å². The van der Waals surface area contributed by atoms with Crippen LogP contribution < -0.4 is 5.32 Å². The number of alkyl halides is 3. The summed E-state index contributed by atoms with van der Waals surface area (Å²) < 4.78 is 37.5. The minimum absolute atomic E-state index is 0.568. The van der Waals surface area contributed by atoms with E-state index in [0.29, 0.717) is 6.04 Å². The second kappa shape index (κ2) is 5.37. The molecule has 2 nitrogen and oxygen atoms in total. The summed E-state index contributed by atoms with van der Waals surface area (Å²) in [4.78, 5) is 2.34. The molecule has 2 fully saturated rings. The van der Waals surface area contributed by atoms with Crippen LogP contribution in [0, 0.1) is 5.92 Å². The molecule has 1 aromatic carbocycles. The molecule has 0 bridgehead atoms. The third-order valence-corrected chi connectivity index (χ3v) is 4.17. The SMILES string of the molecule is FC(F)(F)c1ccc(CN2CCNC(C3CC3)C2)cc1. The second-order valence-corrected chi connectivity index (χ2v) is 5.83. The second-order valence-electron chi connectivity index (χ2n) is 5.83. The first-order valence-electron chi connectivity index (χ1n) is 7.14. The van der Waals surface area contributed by atoms with Crippen LogP contribution in [0.3, 0.4) is 0 Å². The predicted octanol–water partition coefficient (Wildman–Crippen LogP) is 2.89. The topological polar surface area (TPSA) is 15.3 Å². The van der Waals surface area contributed by atoms with Crippen molar-refractivity contribution in [3.05, 3.63) is 35.4 Å². The van der Waals surface area contributed by atoms with E-state index in [1.165, 1.54) is 25.0 Å². The van der Waals surface area contributed by atoms with Gasteiger partial charge in [-0.05, 0) is 36.5 Å². The molecule has 3 rings (SSSR count). The molecule has 1 aliphatic heterocycles. The fourth-order valence-electron chi connectivity index (χ4n) is 2.86. The van der Waals surface area contributed by atoms with Crippen molar-refractivity contribution in [1.82, 2.24) is 10.2 Å². The Balaban J connectivity index is 1.59. The standard InChI is InChI=1S/C15H19F3N2/c16-15(17,18)13-5-1-11(2-6-13)9-20-8-7-19-14(10-20)12-3-4-12/h1-2,5-6,12,14,19H,3-4,7-10H2. The number of nitrogens with one attached hydrogen (secondary N) is 1. The number of halogens is 3. The Bertz CT molecular complexity index is 451. The average molecular weight is 284 g/mol. The quantitative estimate of drug-likeness (QED) is 0.918. The molecular formula is C15H19F3N2. The van der Waals surface area contributed by atoms with E-state index in [-0.39, 0.29) is 0 Å². The van der Waals surface area contributed by atoms with Crippen molar-refractivity contribution in [2.45, 2.75) is 31.6 Å². The summed E-state index contributed by atoms with van der Waals surface area (Å²) in [7, 11) is 0. The van der Waals surface area contributed by atoms with Crippen molar-refractivity contribution in [1.29, 1.82) is 0 Å². The van der Waals surface area contributed by atoms with Gasteiger partial charge >= 0.3 is 6.18 Å². The average Bonchev–Trinajstić information content (AvgIpc) is 3.23. The summed E-state index contributed by atoms with van der Waals surface area (Å²) in [5.41, 5.74) is 0.381. The third kappa shape index (κ3) is 3.33. The van der Waals surface area contributed by atoms with Gasteiger partial charge in [-0.25, -0.2) is 0 Å². The van der Waals surface area contributed by atoms with Gasteiger partial charge in [0.15, 0.2) is 0 Å².